The Morgan fingerprint density at radius 2 is 1.75 bits per heavy atom. The van der Waals surface area contributed by atoms with Gasteiger partial charge in [0.2, 0.25) is 10.0 Å². The molecule has 0 spiro atoms. The average molecular weight is 251 g/mol. The summed E-state index contributed by atoms with van der Waals surface area (Å²) in [5, 5.41) is 0. The smallest absolute Gasteiger partial charge is 0.216 e. The molecule has 1 heterocycles. The van der Waals surface area contributed by atoms with Crippen LogP contribution in [-0.2, 0) is 19.5 Å². The van der Waals surface area contributed by atoms with Crippen molar-refractivity contribution in [2.45, 2.75) is 19.3 Å². The van der Waals surface area contributed by atoms with Crippen LogP contribution in [0.1, 0.15) is 19.3 Å². The highest BCUT2D eigenvalue weighted by molar-refractivity contribution is 7.89. The van der Waals surface area contributed by atoms with Crippen molar-refractivity contribution in [2.24, 2.45) is 0 Å². The molecule has 0 N–H and O–H groups in total. The van der Waals surface area contributed by atoms with E-state index in [1.807, 2.05) is 0 Å². The Bertz CT molecular complexity index is 273. The third kappa shape index (κ3) is 4.78. The number of ether oxygens (including phenoxy) is 2. The van der Waals surface area contributed by atoms with E-state index in [-0.39, 0.29) is 12.4 Å². The van der Waals surface area contributed by atoms with E-state index in [0.717, 1.165) is 19.3 Å². The number of sulfonamides is 1. The van der Waals surface area contributed by atoms with E-state index in [4.69, 9.17) is 9.47 Å². The van der Waals surface area contributed by atoms with Gasteiger partial charge in [0, 0.05) is 20.2 Å². The van der Waals surface area contributed by atoms with Crippen LogP contribution in [0.2, 0.25) is 0 Å². The maximum Gasteiger partial charge on any atom is 0.216 e. The minimum atomic E-state index is -3.10. The largest absolute Gasteiger partial charge is 0.382 e. The van der Waals surface area contributed by atoms with Crippen molar-refractivity contribution in [1.29, 1.82) is 0 Å². The molecule has 1 rings (SSSR count). The van der Waals surface area contributed by atoms with Crippen LogP contribution in [0.15, 0.2) is 0 Å². The molecule has 0 radical (unpaired) electrons. The van der Waals surface area contributed by atoms with Crippen LogP contribution in [-0.4, -0.2) is 58.5 Å². The first-order valence-electron chi connectivity index (χ1n) is 5.71. The van der Waals surface area contributed by atoms with Crippen molar-refractivity contribution < 1.29 is 17.9 Å². The zero-order valence-corrected chi connectivity index (χ0v) is 10.7. The van der Waals surface area contributed by atoms with E-state index in [1.54, 1.807) is 11.4 Å². The van der Waals surface area contributed by atoms with Crippen molar-refractivity contribution >= 4 is 10.0 Å². The molecule has 16 heavy (non-hydrogen) atoms. The minimum absolute atomic E-state index is 0.0801. The molecule has 0 aromatic carbocycles. The lowest BCUT2D eigenvalue weighted by Gasteiger charge is -2.25. The Kier molecular flexibility index (Phi) is 6.26. The van der Waals surface area contributed by atoms with Gasteiger partial charge in [-0.3, -0.25) is 0 Å². The topological polar surface area (TPSA) is 55.8 Å². The lowest BCUT2D eigenvalue weighted by Crippen LogP contribution is -2.38. The maximum atomic E-state index is 11.8. The van der Waals surface area contributed by atoms with Gasteiger partial charge in [-0.25, -0.2) is 12.7 Å². The van der Waals surface area contributed by atoms with Crippen LogP contribution in [0.3, 0.4) is 0 Å². The van der Waals surface area contributed by atoms with Crippen LogP contribution >= 0.6 is 0 Å². The molecular weight excluding hydrogens is 230 g/mol. The van der Waals surface area contributed by atoms with E-state index >= 15 is 0 Å². The van der Waals surface area contributed by atoms with E-state index in [2.05, 4.69) is 0 Å². The Balaban J connectivity index is 2.22. The minimum Gasteiger partial charge on any atom is -0.382 e. The number of piperidine rings is 1. The second-order valence-corrected chi connectivity index (χ2v) is 5.97. The summed E-state index contributed by atoms with van der Waals surface area (Å²) >= 11 is 0. The second-order valence-electron chi connectivity index (χ2n) is 3.88. The lowest BCUT2D eigenvalue weighted by atomic mass is 10.2. The van der Waals surface area contributed by atoms with Crippen molar-refractivity contribution in [1.82, 2.24) is 4.31 Å². The Labute approximate surface area is 97.8 Å². The fourth-order valence-electron chi connectivity index (χ4n) is 1.68. The van der Waals surface area contributed by atoms with Crippen LogP contribution in [0.4, 0.5) is 0 Å². The first-order chi connectivity index (χ1) is 7.67. The van der Waals surface area contributed by atoms with Crippen molar-refractivity contribution in [3.05, 3.63) is 0 Å². The van der Waals surface area contributed by atoms with Crippen LogP contribution in [0.5, 0.6) is 0 Å². The second kappa shape index (κ2) is 7.21. The molecule has 0 atom stereocenters. The molecule has 1 saturated heterocycles. The van der Waals surface area contributed by atoms with Gasteiger partial charge in [-0.2, -0.15) is 0 Å². The highest BCUT2D eigenvalue weighted by Crippen LogP contribution is 2.13. The molecule has 6 heteroatoms. The van der Waals surface area contributed by atoms with Crippen molar-refractivity contribution in [3.8, 4) is 0 Å². The molecule has 0 bridgehead atoms. The highest BCUT2D eigenvalue weighted by atomic mass is 32.2. The molecule has 1 aliphatic heterocycles. The van der Waals surface area contributed by atoms with E-state index in [1.165, 1.54) is 0 Å². The summed E-state index contributed by atoms with van der Waals surface area (Å²) < 4.78 is 35.2. The molecule has 0 unspecified atom stereocenters. The molecule has 0 aliphatic carbocycles. The molecule has 1 fully saturated rings. The number of methoxy groups -OCH3 is 1. The molecule has 5 nitrogen and oxygen atoms in total. The number of hydrogen-bond donors (Lipinski definition) is 0. The molecular formula is C10H21NO4S. The van der Waals surface area contributed by atoms with Gasteiger partial charge in [-0.1, -0.05) is 6.42 Å². The molecule has 0 amide bonds. The lowest BCUT2D eigenvalue weighted by molar-refractivity contribution is 0.0781. The van der Waals surface area contributed by atoms with Gasteiger partial charge in [-0.05, 0) is 12.8 Å². The standard InChI is InChI=1S/C10H21NO4S/c1-14-7-8-15-9-10-16(12,13)11-5-3-2-4-6-11/h2-10H2,1H3. The van der Waals surface area contributed by atoms with Gasteiger partial charge in [0.05, 0.1) is 25.6 Å². The molecule has 1 aliphatic rings. The molecule has 0 aromatic rings. The van der Waals surface area contributed by atoms with E-state index < -0.39 is 10.0 Å². The van der Waals surface area contributed by atoms with Gasteiger partial charge in [0.15, 0.2) is 0 Å². The number of rotatable bonds is 7. The van der Waals surface area contributed by atoms with Crippen LogP contribution < -0.4 is 0 Å². The zero-order valence-electron chi connectivity index (χ0n) is 9.85. The van der Waals surface area contributed by atoms with Crippen LogP contribution in [0.25, 0.3) is 0 Å². The quantitative estimate of drug-likeness (QED) is 0.617. The first-order valence-corrected chi connectivity index (χ1v) is 7.32. The summed E-state index contributed by atoms with van der Waals surface area (Å²) in [5.74, 6) is 0.0801. The van der Waals surface area contributed by atoms with Crippen molar-refractivity contribution in [2.75, 3.05) is 45.8 Å². The monoisotopic (exact) mass is 251 g/mol. The normalized spacial score (nSPS) is 18.8. The third-order valence-corrected chi connectivity index (χ3v) is 4.46. The predicted molar refractivity (Wildman–Crippen MR) is 61.9 cm³/mol. The number of hydrogen-bond acceptors (Lipinski definition) is 4. The molecule has 0 aromatic heterocycles. The number of nitrogens with zero attached hydrogens (tertiary/aromatic N) is 1. The van der Waals surface area contributed by atoms with Crippen LogP contribution in [0, 0.1) is 0 Å². The van der Waals surface area contributed by atoms with E-state index in [9.17, 15) is 8.42 Å². The Morgan fingerprint density at radius 3 is 2.38 bits per heavy atom. The average Bonchev–Trinajstić information content (AvgIpc) is 2.30. The summed E-state index contributed by atoms with van der Waals surface area (Å²) in [6.45, 7) is 2.54. The van der Waals surface area contributed by atoms with Gasteiger partial charge >= 0.3 is 0 Å². The van der Waals surface area contributed by atoms with Gasteiger partial charge in [0.25, 0.3) is 0 Å². The predicted octanol–water partition coefficient (Wildman–Crippen LogP) is 0.465. The summed E-state index contributed by atoms with van der Waals surface area (Å²) in [4.78, 5) is 0. The maximum absolute atomic E-state index is 11.8. The Hall–Kier alpha value is -0.170. The third-order valence-electron chi connectivity index (χ3n) is 2.63. The summed E-state index contributed by atoms with van der Waals surface area (Å²) in [6.07, 6.45) is 3.09. The SMILES string of the molecule is COCCOCCS(=O)(=O)N1CCCCC1. The van der Waals surface area contributed by atoms with Gasteiger partial charge in [-0.15, -0.1) is 0 Å². The van der Waals surface area contributed by atoms with Crippen molar-refractivity contribution in [3.63, 3.8) is 0 Å². The molecule has 96 valence electrons. The Morgan fingerprint density at radius 1 is 1.06 bits per heavy atom. The molecule has 0 saturated carbocycles. The fraction of sp³-hybridized carbons (Fsp3) is 1.00. The summed E-state index contributed by atoms with van der Waals surface area (Å²) in [7, 11) is -1.51. The highest BCUT2D eigenvalue weighted by Gasteiger charge is 2.23. The van der Waals surface area contributed by atoms with E-state index in [0.29, 0.717) is 26.3 Å². The van der Waals surface area contributed by atoms with Gasteiger partial charge < -0.3 is 9.47 Å². The summed E-state index contributed by atoms with van der Waals surface area (Å²) in [5.41, 5.74) is 0. The fourth-order valence-corrected chi connectivity index (χ4v) is 3.08. The summed E-state index contributed by atoms with van der Waals surface area (Å²) in [6, 6.07) is 0. The zero-order chi connectivity index (χ0) is 11.9. The van der Waals surface area contributed by atoms with Gasteiger partial charge in [0.1, 0.15) is 0 Å². The first kappa shape index (κ1) is 13.9.